The van der Waals surface area contributed by atoms with E-state index < -0.39 is 0 Å². The average Bonchev–Trinajstić information content (AvgIpc) is 3.07. The molecule has 3 nitrogen and oxygen atoms in total. The molecule has 7 aromatic carbocycles. The third kappa shape index (κ3) is 4.89. The molecule has 0 fully saturated rings. The molecule has 7 aromatic rings. The highest BCUT2D eigenvalue weighted by Gasteiger charge is 2.10. The lowest BCUT2D eigenvalue weighted by Crippen LogP contribution is -2.04. The first-order valence-corrected chi connectivity index (χ1v) is 14.0. The summed E-state index contributed by atoms with van der Waals surface area (Å²) < 4.78 is 0. The maximum Gasteiger partial charge on any atom is 0.161 e. The summed E-state index contributed by atoms with van der Waals surface area (Å²) >= 11 is 0. The van der Waals surface area contributed by atoms with Crippen molar-refractivity contribution < 1.29 is 0 Å². The molecule has 1 N–H and O–H groups in total. The number of nitrogens with zero attached hydrogens (tertiary/aromatic N) is 2. The summed E-state index contributed by atoms with van der Waals surface area (Å²) in [6.45, 7) is 0. The van der Waals surface area contributed by atoms with Crippen LogP contribution in [-0.4, -0.2) is 17.9 Å². The molecule has 0 aliphatic carbocycles. The fourth-order valence-corrected chi connectivity index (χ4v) is 5.54. The van der Waals surface area contributed by atoms with E-state index in [1.54, 1.807) is 0 Å². The van der Waals surface area contributed by atoms with Gasteiger partial charge in [0.2, 0.25) is 0 Å². The molecule has 0 saturated carbocycles. The molecule has 0 aliphatic heterocycles. The highest BCUT2D eigenvalue weighted by atomic mass is 14.9. The Hall–Kier alpha value is -5.67. The Labute approximate surface area is 244 Å². The number of hydrogen-bond acceptors (Lipinski definition) is 1. The van der Waals surface area contributed by atoms with Crippen molar-refractivity contribution in [1.82, 2.24) is 0 Å². The van der Waals surface area contributed by atoms with Gasteiger partial charge in [-0.15, -0.1) is 0 Å². The summed E-state index contributed by atoms with van der Waals surface area (Å²) in [4.78, 5) is 9.38. The number of rotatable bonds is 4. The number of amidine groups is 2. The smallest absolute Gasteiger partial charge is 0.161 e. The zero-order chi connectivity index (χ0) is 28.3. The van der Waals surface area contributed by atoms with Crippen LogP contribution in [0.5, 0.6) is 0 Å². The molecular weight excluding hydrogens is 510 g/mol. The number of aliphatic imine (C=N–C) groups is 2. The maximum atomic E-state index is 8.55. The molecule has 42 heavy (non-hydrogen) atoms. The molecule has 0 saturated heterocycles. The van der Waals surface area contributed by atoms with Gasteiger partial charge < -0.3 is 0 Å². The normalized spacial score (nSPS) is 12.0. The van der Waals surface area contributed by atoms with Crippen LogP contribution in [0.3, 0.4) is 0 Å². The quantitative estimate of drug-likeness (QED) is 0.132. The van der Waals surface area contributed by atoms with Crippen LogP contribution < -0.4 is 0 Å². The first kappa shape index (κ1) is 25.3. The fraction of sp³-hybridized carbons (Fsp3) is 0. The molecule has 0 amide bonds. The van der Waals surface area contributed by atoms with E-state index >= 15 is 0 Å². The van der Waals surface area contributed by atoms with Gasteiger partial charge in [0.15, 0.2) is 11.7 Å². The van der Waals surface area contributed by atoms with Crippen molar-refractivity contribution in [3.63, 3.8) is 0 Å². The molecule has 0 unspecified atom stereocenters. The minimum absolute atomic E-state index is 0.177. The Kier molecular flexibility index (Phi) is 6.67. The third-order valence-electron chi connectivity index (χ3n) is 7.60. The van der Waals surface area contributed by atoms with Gasteiger partial charge in [-0.3, -0.25) is 5.41 Å². The van der Waals surface area contributed by atoms with Crippen molar-refractivity contribution in [2.75, 3.05) is 0 Å². The van der Waals surface area contributed by atoms with Crippen molar-refractivity contribution in [3.8, 4) is 11.1 Å². The molecular formula is C39H27N3. The Balaban J connectivity index is 1.28. The molecule has 0 spiro atoms. The van der Waals surface area contributed by atoms with E-state index in [1.807, 2.05) is 72.9 Å². The Morgan fingerprint density at radius 1 is 0.452 bits per heavy atom. The molecule has 3 heteroatoms. The Morgan fingerprint density at radius 3 is 1.62 bits per heavy atom. The van der Waals surface area contributed by atoms with Crippen molar-refractivity contribution in [1.29, 1.82) is 5.41 Å². The number of benzene rings is 7. The lowest BCUT2D eigenvalue weighted by Gasteiger charge is -2.12. The van der Waals surface area contributed by atoms with E-state index in [4.69, 9.17) is 10.4 Å². The summed E-state index contributed by atoms with van der Waals surface area (Å²) in [6, 6.07) is 51.8. The van der Waals surface area contributed by atoms with Gasteiger partial charge in [0.25, 0.3) is 0 Å². The topological polar surface area (TPSA) is 48.6 Å². The molecule has 0 aliphatic rings. The maximum absolute atomic E-state index is 8.55. The highest BCUT2D eigenvalue weighted by Crippen LogP contribution is 2.37. The van der Waals surface area contributed by atoms with E-state index in [-0.39, 0.29) is 5.84 Å². The summed E-state index contributed by atoms with van der Waals surface area (Å²) in [5, 5.41) is 16.1. The lowest BCUT2D eigenvalue weighted by molar-refractivity contribution is 1.40. The van der Waals surface area contributed by atoms with Gasteiger partial charge in [0, 0.05) is 17.3 Å². The predicted octanol–water partition coefficient (Wildman–Crippen LogP) is 9.70. The van der Waals surface area contributed by atoms with Gasteiger partial charge in [-0.25, -0.2) is 9.98 Å². The molecule has 0 aromatic heterocycles. The summed E-state index contributed by atoms with van der Waals surface area (Å²) in [5.41, 5.74) is 4.85. The molecule has 7 rings (SSSR count). The van der Waals surface area contributed by atoms with Crippen molar-refractivity contribution >= 4 is 50.2 Å². The van der Waals surface area contributed by atoms with Gasteiger partial charge in [-0.2, -0.15) is 0 Å². The number of hydrogen-bond donors (Lipinski definition) is 1. The minimum atomic E-state index is 0.177. The molecule has 198 valence electrons. The number of nitrogens with one attached hydrogen (secondary N) is 1. The van der Waals surface area contributed by atoms with E-state index in [0.717, 1.165) is 27.8 Å². The van der Waals surface area contributed by atoms with E-state index in [9.17, 15) is 0 Å². The summed E-state index contributed by atoms with van der Waals surface area (Å²) in [7, 11) is 0. The zero-order valence-electron chi connectivity index (χ0n) is 22.9. The molecule has 0 atom stereocenters. The van der Waals surface area contributed by atoms with Crippen LogP contribution in [0.4, 0.5) is 0 Å². The van der Waals surface area contributed by atoms with Crippen LogP contribution in [0.25, 0.3) is 43.4 Å². The van der Waals surface area contributed by atoms with Crippen LogP contribution in [0.1, 0.15) is 16.7 Å². The standard InChI is InChI=1S/C39H27N3/c40-38(28-13-3-1-4-14-28)42-39(29-15-5-2-6-16-29)41-26-27-12-11-17-30(24-27)31-22-23-36-34-20-8-7-18-32(34)33-19-9-10-21-35(33)37(36)25-31/h1-26,40H. The number of fused-ring (bicyclic) bond motifs is 6. The SMILES string of the molecule is N=C(N=C(N=Cc1cccc(-c2ccc3c4ccccc4c4ccccc4c3c2)c1)c1ccccc1)c1ccccc1. The minimum Gasteiger partial charge on any atom is -0.282 e. The highest BCUT2D eigenvalue weighted by molar-refractivity contribution is 6.25. The summed E-state index contributed by atoms with van der Waals surface area (Å²) in [6.07, 6.45) is 1.83. The van der Waals surface area contributed by atoms with Gasteiger partial charge >= 0.3 is 0 Å². The van der Waals surface area contributed by atoms with Crippen LogP contribution >= 0.6 is 0 Å². The van der Waals surface area contributed by atoms with Gasteiger partial charge in [-0.05, 0) is 61.1 Å². The van der Waals surface area contributed by atoms with Gasteiger partial charge in [0.1, 0.15) is 0 Å². The summed E-state index contributed by atoms with van der Waals surface area (Å²) in [5.74, 6) is 0.676. The monoisotopic (exact) mass is 537 g/mol. The van der Waals surface area contributed by atoms with Crippen molar-refractivity contribution in [3.05, 3.63) is 168 Å². The average molecular weight is 538 g/mol. The second kappa shape index (κ2) is 11.1. The first-order chi connectivity index (χ1) is 20.7. The van der Waals surface area contributed by atoms with Crippen molar-refractivity contribution in [2.45, 2.75) is 0 Å². The van der Waals surface area contributed by atoms with E-state index in [2.05, 4.69) is 89.9 Å². The van der Waals surface area contributed by atoms with Gasteiger partial charge in [0.05, 0.1) is 0 Å². The third-order valence-corrected chi connectivity index (χ3v) is 7.60. The lowest BCUT2D eigenvalue weighted by atomic mass is 9.92. The van der Waals surface area contributed by atoms with E-state index in [0.29, 0.717) is 5.84 Å². The molecule has 0 bridgehead atoms. The van der Waals surface area contributed by atoms with Crippen LogP contribution in [0.2, 0.25) is 0 Å². The molecule has 0 radical (unpaired) electrons. The Morgan fingerprint density at radius 2 is 0.976 bits per heavy atom. The van der Waals surface area contributed by atoms with Crippen LogP contribution in [-0.2, 0) is 0 Å². The van der Waals surface area contributed by atoms with Gasteiger partial charge in [-0.1, -0.05) is 140 Å². The first-order valence-electron chi connectivity index (χ1n) is 14.0. The van der Waals surface area contributed by atoms with Crippen molar-refractivity contribution in [2.24, 2.45) is 9.98 Å². The van der Waals surface area contributed by atoms with Crippen LogP contribution in [0, 0.1) is 5.41 Å². The molecule has 0 heterocycles. The van der Waals surface area contributed by atoms with E-state index in [1.165, 1.54) is 32.3 Å². The predicted molar refractivity (Wildman–Crippen MR) is 178 cm³/mol. The van der Waals surface area contributed by atoms with Crippen LogP contribution in [0.15, 0.2) is 162 Å². The fourth-order valence-electron chi connectivity index (χ4n) is 5.54. The Bertz CT molecular complexity index is 2110. The second-order valence-electron chi connectivity index (χ2n) is 10.3. The second-order valence-corrected chi connectivity index (χ2v) is 10.3. The zero-order valence-corrected chi connectivity index (χ0v) is 22.9. The largest absolute Gasteiger partial charge is 0.282 e.